The standard InChI is InChI=1S/C27H35I2N2.C3H5.Pd/c1-16(2)22-11-20(28)12-23(17(3)4)26(22)31(10-9-30-15-31)27-24(18(5)6)13-21(29)14-25(27)19(7)8;1-3-2;/h9-14,16-19,30H,1-8H3;3H,1-2H2;/q+1;;. The van der Waals surface area contributed by atoms with E-state index in [1.54, 1.807) is 0 Å². The Morgan fingerprint density at radius 1 is 0.771 bits per heavy atom. The molecule has 0 bridgehead atoms. The number of allylic oxidation sites excluding steroid dienone is 1. The molecule has 35 heavy (non-hydrogen) atoms. The number of quaternary nitrogens is 1. The molecule has 0 spiro atoms. The van der Waals surface area contributed by atoms with E-state index in [-0.39, 0.29) is 0 Å². The van der Waals surface area contributed by atoms with Crippen LogP contribution < -0.4 is 9.80 Å². The van der Waals surface area contributed by atoms with Crippen molar-refractivity contribution in [2.24, 2.45) is 0 Å². The molecule has 193 valence electrons. The van der Waals surface area contributed by atoms with E-state index in [1.165, 1.54) is 45.0 Å². The maximum atomic E-state index is 4.06. The summed E-state index contributed by atoms with van der Waals surface area (Å²) in [5, 5.41) is 3.75. The zero-order valence-corrected chi connectivity index (χ0v) is 28.2. The van der Waals surface area contributed by atoms with Crippen molar-refractivity contribution in [2.75, 3.05) is 0 Å². The molecule has 0 saturated carbocycles. The Morgan fingerprint density at radius 3 is 1.46 bits per heavy atom. The Kier molecular flexibility index (Phi) is 10.0. The fraction of sp³-hybridized carbons (Fsp3) is 0.433. The molecule has 0 saturated heterocycles. The number of nitrogens with one attached hydrogen (secondary N) is 1. The fourth-order valence-corrected chi connectivity index (χ4v) is 7.90. The van der Waals surface area contributed by atoms with Gasteiger partial charge in [0, 0.05) is 0 Å². The van der Waals surface area contributed by atoms with Gasteiger partial charge in [0.15, 0.2) is 0 Å². The third kappa shape index (κ3) is 5.75. The first-order valence-electron chi connectivity index (χ1n) is 12.5. The van der Waals surface area contributed by atoms with Crippen molar-refractivity contribution < 1.29 is 17.5 Å². The van der Waals surface area contributed by atoms with E-state index in [0.29, 0.717) is 45.7 Å². The van der Waals surface area contributed by atoms with Crippen molar-refractivity contribution in [3.8, 4) is 0 Å². The van der Waals surface area contributed by atoms with Crippen LogP contribution in [0.4, 0.5) is 11.4 Å². The monoisotopic (exact) mass is 788 g/mol. The van der Waals surface area contributed by atoms with Gasteiger partial charge < -0.3 is 0 Å². The van der Waals surface area contributed by atoms with Crippen LogP contribution in [0.25, 0.3) is 0 Å². The summed E-state index contributed by atoms with van der Waals surface area (Å²) in [6.45, 7) is 22.8. The Bertz CT molecular complexity index is 1030. The van der Waals surface area contributed by atoms with Crippen LogP contribution in [0.3, 0.4) is 0 Å². The molecule has 1 N–H and O–H groups in total. The normalized spacial score (nSPS) is 16.7. The Morgan fingerprint density at radius 2 is 1.14 bits per heavy atom. The predicted octanol–water partition coefficient (Wildman–Crippen LogP) is 9.88. The SMILES string of the molecule is C=C[CH2]/[Pd]=[C]1\NC=C[N+]1(c1c(C(C)C)cc(I)cc1C(C)C)c1c(C(C)C)cc(I)cc1C(C)C. The van der Waals surface area contributed by atoms with Crippen LogP contribution in [0.2, 0.25) is 4.89 Å². The third-order valence-corrected chi connectivity index (χ3v) is 9.81. The van der Waals surface area contributed by atoms with Gasteiger partial charge in [0.2, 0.25) is 0 Å². The van der Waals surface area contributed by atoms with Gasteiger partial charge in [-0.05, 0) is 0 Å². The molecule has 2 nitrogen and oxygen atoms in total. The number of nitrogens with zero attached hydrogens (tertiary/aromatic N) is 1. The van der Waals surface area contributed by atoms with Gasteiger partial charge in [0.1, 0.15) is 0 Å². The molecule has 0 amide bonds. The van der Waals surface area contributed by atoms with E-state index < -0.39 is 0 Å². The van der Waals surface area contributed by atoms with Gasteiger partial charge in [-0.3, -0.25) is 0 Å². The molecule has 3 rings (SSSR count). The summed E-state index contributed by atoms with van der Waals surface area (Å²) in [5.74, 6) is 1.67. The van der Waals surface area contributed by atoms with E-state index in [4.69, 9.17) is 0 Å². The number of halogens is 2. The van der Waals surface area contributed by atoms with Gasteiger partial charge in [0.25, 0.3) is 0 Å². The molecule has 0 aromatic heterocycles. The van der Waals surface area contributed by atoms with Crippen LogP contribution in [0.15, 0.2) is 49.3 Å². The van der Waals surface area contributed by atoms with E-state index in [2.05, 4.69) is 155 Å². The average molecular weight is 789 g/mol. The summed E-state index contributed by atoms with van der Waals surface area (Å²) in [6, 6.07) is 9.69. The van der Waals surface area contributed by atoms with E-state index in [0.717, 1.165) is 4.89 Å². The molecular formula is C30H40I2N2Pd+. The number of benzene rings is 2. The van der Waals surface area contributed by atoms with E-state index in [1.807, 2.05) is 0 Å². The topological polar surface area (TPSA) is 12.0 Å². The first kappa shape index (κ1) is 29.2. The predicted molar refractivity (Wildman–Crippen MR) is 168 cm³/mol. The molecule has 0 atom stereocenters. The minimum atomic E-state index is 0.390. The minimum absolute atomic E-state index is 0.390. The first-order valence-corrected chi connectivity index (χ1v) is 16.5. The summed E-state index contributed by atoms with van der Waals surface area (Å²) in [7, 11) is 0. The van der Waals surface area contributed by atoms with E-state index >= 15 is 0 Å². The van der Waals surface area contributed by atoms with Gasteiger partial charge >= 0.3 is 251 Å². The van der Waals surface area contributed by atoms with Gasteiger partial charge in [-0.2, -0.15) is 0 Å². The van der Waals surface area contributed by atoms with Crippen molar-refractivity contribution in [1.82, 2.24) is 9.80 Å². The second-order valence-corrected chi connectivity index (χ2v) is 14.9. The molecule has 1 aliphatic rings. The van der Waals surface area contributed by atoms with Gasteiger partial charge in [-0.25, -0.2) is 0 Å². The van der Waals surface area contributed by atoms with Crippen LogP contribution in [-0.4, -0.2) is 4.23 Å². The first-order chi connectivity index (χ1) is 16.4. The maximum absolute atomic E-state index is 4.06. The molecule has 1 heterocycles. The molecule has 0 unspecified atom stereocenters. The van der Waals surface area contributed by atoms with Crippen molar-refractivity contribution in [3.63, 3.8) is 0 Å². The fourth-order valence-electron chi connectivity index (χ4n) is 4.90. The van der Waals surface area contributed by atoms with Crippen molar-refractivity contribution in [2.45, 2.75) is 84.0 Å². The zero-order valence-electron chi connectivity index (χ0n) is 22.3. The second-order valence-electron chi connectivity index (χ2n) is 10.5. The molecule has 1 aliphatic heterocycles. The van der Waals surface area contributed by atoms with Crippen LogP contribution in [0, 0.1) is 7.14 Å². The van der Waals surface area contributed by atoms with Crippen LogP contribution in [0.1, 0.15) is 101 Å². The zero-order chi connectivity index (χ0) is 26.1. The van der Waals surface area contributed by atoms with Crippen molar-refractivity contribution in [3.05, 3.63) is 78.7 Å². The average Bonchev–Trinajstić information content (AvgIpc) is 3.19. The van der Waals surface area contributed by atoms with Crippen molar-refractivity contribution >= 4 is 60.8 Å². The summed E-state index contributed by atoms with van der Waals surface area (Å²) in [5.41, 5.74) is 8.67. The Hall–Kier alpha value is -0.328. The summed E-state index contributed by atoms with van der Waals surface area (Å²) in [6.07, 6.45) is 6.68. The Labute approximate surface area is 248 Å². The second kappa shape index (κ2) is 12.0. The molecule has 2 aromatic carbocycles. The molecular weight excluding hydrogens is 749 g/mol. The van der Waals surface area contributed by atoms with Gasteiger partial charge in [0.05, 0.1) is 0 Å². The number of rotatable bonds is 8. The molecule has 5 heteroatoms. The molecule has 0 fully saturated rings. The summed E-state index contributed by atoms with van der Waals surface area (Å²) < 4.78 is 4.69. The Balaban J connectivity index is 2.66. The van der Waals surface area contributed by atoms with Gasteiger partial charge in [-0.1, -0.05) is 0 Å². The summed E-state index contributed by atoms with van der Waals surface area (Å²) >= 11 is 5.40. The summed E-state index contributed by atoms with van der Waals surface area (Å²) in [4.78, 5) is 0.995. The van der Waals surface area contributed by atoms with Crippen LogP contribution in [0.5, 0.6) is 0 Å². The van der Waals surface area contributed by atoms with E-state index in [9.17, 15) is 0 Å². The van der Waals surface area contributed by atoms with Gasteiger partial charge in [-0.15, -0.1) is 0 Å². The number of hydrogen-bond donors (Lipinski definition) is 1. The molecule has 0 radical (unpaired) electrons. The molecule has 0 aliphatic carbocycles. The van der Waals surface area contributed by atoms with Crippen molar-refractivity contribution in [1.29, 1.82) is 0 Å². The van der Waals surface area contributed by atoms with Crippen LogP contribution in [-0.2, 0) is 17.5 Å². The quantitative estimate of drug-likeness (QED) is 0.122. The molecule has 2 aromatic rings. The van der Waals surface area contributed by atoms with Crippen LogP contribution >= 0.6 is 45.2 Å². The number of hydrogen-bond acceptors (Lipinski definition) is 1. The third-order valence-electron chi connectivity index (χ3n) is 6.50.